The zero-order valence-electron chi connectivity index (χ0n) is 10.5. The molecule has 1 aliphatic heterocycles. The number of pyridine rings is 1. The highest BCUT2D eigenvalue weighted by molar-refractivity contribution is 5.81. The van der Waals surface area contributed by atoms with Crippen LogP contribution in [0.3, 0.4) is 0 Å². The SMILES string of the molecule is Cc1ccc2c(C3CCNCC3)cn(C)c2n1. The molecular formula is C14H19N3. The van der Waals surface area contributed by atoms with E-state index in [9.17, 15) is 0 Å². The third-order valence-electron chi connectivity index (χ3n) is 3.77. The zero-order chi connectivity index (χ0) is 11.8. The number of aryl methyl sites for hydroxylation is 2. The summed E-state index contributed by atoms with van der Waals surface area (Å²) in [4.78, 5) is 4.64. The first-order valence-corrected chi connectivity index (χ1v) is 6.39. The van der Waals surface area contributed by atoms with Crippen molar-refractivity contribution in [2.24, 2.45) is 7.05 Å². The van der Waals surface area contributed by atoms with Crippen molar-refractivity contribution in [3.8, 4) is 0 Å². The first kappa shape index (κ1) is 10.8. The largest absolute Gasteiger partial charge is 0.335 e. The number of piperidine rings is 1. The molecule has 0 saturated carbocycles. The fraction of sp³-hybridized carbons (Fsp3) is 0.500. The van der Waals surface area contributed by atoms with Crippen molar-refractivity contribution in [2.75, 3.05) is 13.1 Å². The van der Waals surface area contributed by atoms with E-state index in [0.717, 1.165) is 24.4 Å². The molecule has 2 aromatic rings. The molecule has 0 aliphatic carbocycles. The third-order valence-corrected chi connectivity index (χ3v) is 3.77. The highest BCUT2D eigenvalue weighted by Gasteiger charge is 2.19. The van der Waals surface area contributed by atoms with Gasteiger partial charge in [0.15, 0.2) is 0 Å². The molecular weight excluding hydrogens is 210 g/mol. The van der Waals surface area contributed by atoms with Crippen LogP contribution in [0.1, 0.15) is 30.0 Å². The summed E-state index contributed by atoms with van der Waals surface area (Å²) in [6.07, 6.45) is 4.76. The van der Waals surface area contributed by atoms with Crippen molar-refractivity contribution in [3.05, 3.63) is 29.6 Å². The fourth-order valence-corrected chi connectivity index (χ4v) is 2.83. The normalized spacial score (nSPS) is 17.8. The van der Waals surface area contributed by atoms with Crippen LogP contribution < -0.4 is 5.32 Å². The maximum absolute atomic E-state index is 4.64. The van der Waals surface area contributed by atoms with E-state index in [1.54, 1.807) is 0 Å². The minimum atomic E-state index is 0.699. The van der Waals surface area contributed by atoms with Gasteiger partial charge in [-0.2, -0.15) is 0 Å². The van der Waals surface area contributed by atoms with Crippen LogP contribution in [0.15, 0.2) is 18.3 Å². The van der Waals surface area contributed by atoms with Crippen molar-refractivity contribution in [3.63, 3.8) is 0 Å². The Bertz CT molecular complexity index is 536. The summed E-state index contributed by atoms with van der Waals surface area (Å²) in [6.45, 7) is 4.33. The van der Waals surface area contributed by atoms with Gasteiger partial charge in [0.2, 0.25) is 0 Å². The summed E-state index contributed by atoms with van der Waals surface area (Å²) in [5.41, 5.74) is 3.70. The standard InChI is InChI=1S/C14H19N3/c1-10-3-4-12-13(9-17(2)14(12)16-10)11-5-7-15-8-6-11/h3-4,9,11,15H,5-8H2,1-2H3. The molecule has 1 N–H and O–H groups in total. The van der Waals surface area contributed by atoms with Crippen molar-refractivity contribution >= 4 is 11.0 Å². The number of hydrogen-bond acceptors (Lipinski definition) is 2. The van der Waals surface area contributed by atoms with E-state index in [2.05, 4.69) is 47.2 Å². The van der Waals surface area contributed by atoms with E-state index in [-0.39, 0.29) is 0 Å². The number of aromatic nitrogens is 2. The molecule has 1 saturated heterocycles. The summed E-state index contributed by atoms with van der Waals surface area (Å²) in [7, 11) is 2.10. The van der Waals surface area contributed by atoms with Gasteiger partial charge in [0.1, 0.15) is 5.65 Å². The van der Waals surface area contributed by atoms with Crippen LogP contribution in [0, 0.1) is 6.92 Å². The maximum atomic E-state index is 4.64. The molecule has 17 heavy (non-hydrogen) atoms. The summed E-state index contributed by atoms with van der Waals surface area (Å²) in [5.74, 6) is 0.699. The predicted octanol–water partition coefficient (Wildman–Crippen LogP) is 2.35. The summed E-state index contributed by atoms with van der Waals surface area (Å²) in [6, 6.07) is 4.35. The predicted molar refractivity (Wildman–Crippen MR) is 70.3 cm³/mol. The van der Waals surface area contributed by atoms with Gasteiger partial charge in [-0.15, -0.1) is 0 Å². The van der Waals surface area contributed by atoms with E-state index in [1.807, 2.05) is 0 Å². The van der Waals surface area contributed by atoms with E-state index in [1.165, 1.54) is 23.8 Å². The second kappa shape index (κ2) is 4.15. The Balaban J connectivity index is 2.10. The van der Waals surface area contributed by atoms with Crippen LogP contribution >= 0.6 is 0 Å². The van der Waals surface area contributed by atoms with Crippen molar-refractivity contribution in [1.29, 1.82) is 0 Å². The lowest BCUT2D eigenvalue weighted by molar-refractivity contribution is 0.462. The molecule has 3 nitrogen and oxygen atoms in total. The second-order valence-electron chi connectivity index (χ2n) is 5.04. The molecule has 3 heteroatoms. The third kappa shape index (κ3) is 1.84. The Hall–Kier alpha value is -1.35. The number of fused-ring (bicyclic) bond motifs is 1. The first-order chi connectivity index (χ1) is 8.25. The summed E-state index contributed by atoms with van der Waals surface area (Å²) in [5, 5.41) is 4.76. The highest BCUT2D eigenvalue weighted by Crippen LogP contribution is 2.31. The minimum Gasteiger partial charge on any atom is -0.335 e. The molecule has 3 rings (SSSR count). The molecule has 1 fully saturated rings. The van der Waals surface area contributed by atoms with E-state index < -0.39 is 0 Å². The molecule has 0 atom stereocenters. The fourth-order valence-electron chi connectivity index (χ4n) is 2.83. The Kier molecular flexibility index (Phi) is 2.63. The Morgan fingerprint density at radius 2 is 2.06 bits per heavy atom. The van der Waals surface area contributed by atoms with Crippen molar-refractivity contribution in [2.45, 2.75) is 25.7 Å². The van der Waals surface area contributed by atoms with Crippen molar-refractivity contribution in [1.82, 2.24) is 14.9 Å². The minimum absolute atomic E-state index is 0.699. The number of rotatable bonds is 1. The lowest BCUT2D eigenvalue weighted by atomic mass is 9.90. The van der Waals surface area contributed by atoms with Gasteiger partial charge in [-0.3, -0.25) is 0 Å². The lowest BCUT2D eigenvalue weighted by Crippen LogP contribution is -2.26. The molecule has 0 amide bonds. The van der Waals surface area contributed by atoms with Gasteiger partial charge in [-0.05, 0) is 56.5 Å². The van der Waals surface area contributed by atoms with Gasteiger partial charge < -0.3 is 9.88 Å². The average molecular weight is 229 g/mol. The summed E-state index contributed by atoms with van der Waals surface area (Å²) >= 11 is 0. The smallest absolute Gasteiger partial charge is 0.140 e. The molecule has 1 aliphatic rings. The van der Waals surface area contributed by atoms with Crippen LogP contribution in [-0.4, -0.2) is 22.6 Å². The second-order valence-corrected chi connectivity index (χ2v) is 5.04. The number of hydrogen-bond donors (Lipinski definition) is 1. The molecule has 0 aromatic carbocycles. The lowest BCUT2D eigenvalue weighted by Gasteiger charge is -2.22. The van der Waals surface area contributed by atoms with Crippen LogP contribution in [-0.2, 0) is 7.05 Å². The van der Waals surface area contributed by atoms with Gasteiger partial charge in [0.25, 0.3) is 0 Å². The topological polar surface area (TPSA) is 29.9 Å². The van der Waals surface area contributed by atoms with Gasteiger partial charge in [-0.1, -0.05) is 0 Å². The monoisotopic (exact) mass is 229 g/mol. The van der Waals surface area contributed by atoms with Gasteiger partial charge in [0.05, 0.1) is 0 Å². The highest BCUT2D eigenvalue weighted by atomic mass is 15.0. The maximum Gasteiger partial charge on any atom is 0.140 e. The molecule has 0 spiro atoms. The van der Waals surface area contributed by atoms with Gasteiger partial charge in [0, 0.05) is 24.3 Å². The average Bonchev–Trinajstić information content (AvgIpc) is 2.68. The Morgan fingerprint density at radius 1 is 1.29 bits per heavy atom. The molecule has 0 bridgehead atoms. The van der Waals surface area contributed by atoms with E-state index >= 15 is 0 Å². The number of nitrogens with zero attached hydrogens (tertiary/aromatic N) is 2. The van der Waals surface area contributed by atoms with Crippen LogP contribution in [0.5, 0.6) is 0 Å². The molecule has 2 aromatic heterocycles. The zero-order valence-corrected chi connectivity index (χ0v) is 10.5. The Labute approximate surface area is 102 Å². The van der Waals surface area contributed by atoms with Crippen LogP contribution in [0.25, 0.3) is 11.0 Å². The molecule has 0 radical (unpaired) electrons. The molecule has 0 unspecified atom stereocenters. The number of nitrogens with one attached hydrogen (secondary N) is 1. The molecule has 90 valence electrons. The van der Waals surface area contributed by atoms with E-state index in [4.69, 9.17) is 0 Å². The summed E-state index contributed by atoms with van der Waals surface area (Å²) < 4.78 is 2.17. The van der Waals surface area contributed by atoms with Gasteiger partial charge >= 0.3 is 0 Å². The van der Waals surface area contributed by atoms with Gasteiger partial charge in [-0.25, -0.2) is 4.98 Å². The first-order valence-electron chi connectivity index (χ1n) is 6.39. The Morgan fingerprint density at radius 3 is 2.82 bits per heavy atom. The van der Waals surface area contributed by atoms with Crippen LogP contribution in [0.2, 0.25) is 0 Å². The van der Waals surface area contributed by atoms with Crippen molar-refractivity contribution < 1.29 is 0 Å². The molecule has 3 heterocycles. The van der Waals surface area contributed by atoms with E-state index in [0.29, 0.717) is 5.92 Å². The quantitative estimate of drug-likeness (QED) is 0.813. The van der Waals surface area contributed by atoms with Crippen LogP contribution in [0.4, 0.5) is 0 Å².